The Morgan fingerprint density at radius 2 is 2.04 bits per heavy atom. The number of carboxylic acids is 1. The Hall–Kier alpha value is -2.21. The quantitative estimate of drug-likeness (QED) is 0.850. The number of nitrogens with zero attached hydrogens (tertiary/aromatic N) is 2. The largest absolute Gasteiger partial charge is 0.478 e. The standard InChI is InChI=1S/C19H24N2O4/c1-3-14-6-4-5-9-20(14)16-11-17(22)21(18(16)23)15-10-13(19(24)25)8-7-12(15)2/h7-8,10,14,16H,3-6,9,11H2,1-2H3,(H,24,25). The number of aryl methyl sites for hydroxylation is 1. The molecular weight excluding hydrogens is 320 g/mol. The van der Waals surface area contributed by atoms with Crippen LogP contribution in [0.2, 0.25) is 0 Å². The molecule has 0 aliphatic carbocycles. The summed E-state index contributed by atoms with van der Waals surface area (Å²) in [5, 5.41) is 9.20. The summed E-state index contributed by atoms with van der Waals surface area (Å²) >= 11 is 0. The van der Waals surface area contributed by atoms with Gasteiger partial charge in [-0.3, -0.25) is 14.5 Å². The van der Waals surface area contributed by atoms with Gasteiger partial charge in [0.25, 0.3) is 5.91 Å². The van der Waals surface area contributed by atoms with Crippen LogP contribution in [-0.2, 0) is 9.59 Å². The highest BCUT2D eigenvalue weighted by Gasteiger charge is 2.45. The fourth-order valence-corrected chi connectivity index (χ4v) is 3.98. The van der Waals surface area contributed by atoms with Crippen LogP contribution in [0.25, 0.3) is 0 Å². The van der Waals surface area contributed by atoms with Crippen molar-refractivity contribution < 1.29 is 19.5 Å². The first-order chi connectivity index (χ1) is 11.9. The predicted octanol–water partition coefficient (Wildman–Crippen LogP) is 2.59. The van der Waals surface area contributed by atoms with E-state index in [0.29, 0.717) is 11.7 Å². The third-order valence-electron chi connectivity index (χ3n) is 5.36. The van der Waals surface area contributed by atoms with Crippen LogP contribution in [0.3, 0.4) is 0 Å². The molecule has 0 aromatic heterocycles. The lowest BCUT2D eigenvalue weighted by Gasteiger charge is -2.38. The monoisotopic (exact) mass is 344 g/mol. The molecule has 1 aromatic rings. The van der Waals surface area contributed by atoms with Gasteiger partial charge in [0.1, 0.15) is 0 Å². The fourth-order valence-electron chi connectivity index (χ4n) is 3.98. The molecule has 2 aliphatic rings. The first kappa shape index (κ1) is 17.6. The van der Waals surface area contributed by atoms with Crippen molar-refractivity contribution in [2.75, 3.05) is 11.4 Å². The van der Waals surface area contributed by atoms with Crippen LogP contribution in [0.5, 0.6) is 0 Å². The Kier molecular flexibility index (Phi) is 4.90. The summed E-state index contributed by atoms with van der Waals surface area (Å²) in [5.41, 5.74) is 1.19. The van der Waals surface area contributed by atoms with Crippen LogP contribution >= 0.6 is 0 Å². The van der Waals surface area contributed by atoms with E-state index >= 15 is 0 Å². The molecule has 0 bridgehead atoms. The molecule has 3 rings (SSSR count). The Bertz CT molecular complexity index is 715. The number of imide groups is 1. The van der Waals surface area contributed by atoms with Gasteiger partial charge in [0.15, 0.2) is 0 Å². The van der Waals surface area contributed by atoms with Crippen molar-refractivity contribution in [1.82, 2.24) is 4.90 Å². The zero-order chi connectivity index (χ0) is 18.1. The first-order valence-corrected chi connectivity index (χ1v) is 8.90. The van der Waals surface area contributed by atoms with Crippen LogP contribution < -0.4 is 4.90 Å². The van der Waals surface area contributed by atoms with Crippen LogP contribution in [0.4, 0.5) is 5.69 Å². The Labute approximate surface area is 147 Å². The van der Waals surface area contributed by atoms with E-state index < -0.39 is 12.0 Å². The zero-order valence-electron chi connectivity index (χ0n) is 14.7. The SMILES string of the molecule is CCC1CCCCN1C1CC(=O)N(c2cc(C(=O)O)ccc2C)C1=O. The molecule has 2 saturated heterocycles. The summed E-state index contributed by atoms with van der Waals surface area (Å²) in [4.78, 5) is 40.2. The number of aromatic carboxylic acids is 1. The molecule has 0 radical (unpaired) electrons. The van der Waals surface area contributed by atoms with Crippen molar-refractivity contribution >= 4 is 23.5 Å². The van der Waals surface area contributed by atoms with E-state index in [4.69, 9.17) is 0 Å². The van der Waals surface area contributed by atoms with Gasteiger partial charge in [-0.15, -0.1) is 0 Å². The summed E-state index contributed by atoms with van der Waals surface area (Å²) in [6.45, 7) is 4.73. The van der Waals surface area contributed by atoms with Gasteiger partial charge < -0.3 is 5.11 Å². The summed E-state index contributed by atoms with van der Waals surface area (Å²) in [7, 11) is 0. The molecule has 6 heteroatoms. The average Bonchev–Trinajstić information content (AvgIpc) is 2.89. The number of likely N-dealkylation sites (tertiary alicyclic amines) is 1. The van der Waals surface area contributed by atoms with Gasteiger partial charge in [-0.2, -0.15) is 0 Å². The van der Waals surface area contributed by atoms with Gasteiger partial charge in [0.05, 0.1) is 23.7 Å². The summed E-state index contributed by atoms with van der Waals surface area (Å²) in [6, 6.07) is 4.46. The maximum absolute atomic E-state index is 13.0. The lowest BCUT2D eigenvalue weighted by atomic mass is 9.97. The highest BCUT2D eigenvalue weighted by atomic mass is 16.4. The van der Waals surface area contributed by atoms with Crippen molar-refractivity contribution in [3.63, 3.8) is 0 Å². The smallest absolute Gasteiger partial charge is 0.335 e. The van der Waals surface area contributed by atoms with Crippen LogP contribution in [0, 0.1) is 6.92 Å². The average molecular weight is 344 g/mol. The van der Waals surface area contributed by atoms with E-state index in [0.717, 1.165) is 37.8 Å². The number of amides is 2. The Morgan fingerprint density at radius 1 is 1.28 bits per heavy atom. The summed E-state index contributed by atoms with van der Waals surface area (Å²) < 4.78 is 0. The molecule has 2 unspecified atom stereocenters. The maximum Gasteiger partial charge on any atom is 0.335 e. The van der Waals surface area contributed by atoms with Crippen molar-refractivity contribution in [3.05, 3.63) is 29.3 Å². The third kappa shape index (κ3) is 3.18. The van der Waals surface area contributed by atoms with Crippen molar-refractivity contribution in [2.24, 2.45) is 0 Å². The van der Waals surface area contributed by atoms with Crippen LogP contribution in [0.1, 0.15) is 54.9 Å². The number of anilines is 1. The maximum atomic E-state index is 13.0. The van der Waals surface area contributed by atoms with Gasteiger partial charge in [0.2, 0.25) is 5.91 Å². The highest BCUT2D eigenvalue weighted by molar-refractivity contribution is 6.23. The van der Waals surface area contributed by atoms with Crippen LogP contribution in [-0.4, -0.2) is 46.4 Å². The number of benzene rings is 1. The van der Waals surface area contributed by atoms with E-state index in [-0.39, 0.29) is 23.8 Å². The zero-order valence-corrected chi connectivity index (χ0v) is 14.7. The van der Waals surface area contributed by atoms with Gasteiger partial charge in [-0.1, -0.05) is 19.4 Å². The molecule has 2 fully saturated rings. The summed E-state index contributed by atoms with van der Waals surface area (Å²) in [6.07, 6.45) is 4.40. The predicted molar refractivity (Wildman–Crippen MR) is 93.7 cm³/mol. The minimum absolute atomic E-state index is 0.0778. The number of hydrogen-bond donors (Lipinski definition) is 1. The molecule has 2 amide bonds. The van der Waals surface area contributed by atoms with Crippen molar-refractivity contribution in [1.29, 1.82) is 0 Å². The van der Waals surface area contributed by atoms with Gasteiger partial charge in [-0.05, 0) is 50.4 Å². The molecule has 1 N–H and O–H groups in total. The Morgan fingerprint density at radius 3 is 2.72 bits per heavy atom. The number of rotatable bonds is 4. The normalized spacial score (nSPS) is 24.8. The lowest BCUT2D eigenvalue weighted by Crippen LogP contribution is -2.49. The molecule has 2 aliphatic heterocycles. The minimum Gasteiger partial charge on any atom is -0.478 e. The van der Waals surface area contributed by atoms with Crippen molar-refractivity contribution in [2.45, 2.75) is 58.0 Å². The molecule has 134 valence electrons. The molecule has 6 nitrogen and oxygen atoms in total. The first-order valence-electron chi connectivity index (χ1n) is 8.90. The second kappa shape index (κ2) is 6.96. The molecule has 2 atom stereocenters. The molecule has 1 aromatic carbocycles. The van der Waals surface area contributed by atoms with Gasteiger partial charge in [0, 0.05) is 6.04 Å². The number of piperidine rings is 1. The van der Waals surface area contributed by atoms with Crippen molar-refractivity contribution in [3.8, 4) is 0 Å². The molecule has 0 spiro atoms. The van der Waals surface area contributed by atoms with E-state index in [1.807, 2.05) is 0 Å². The van der Waals surface area contributed by atoms with Gasteiger partial charge in [-0.25, -0.2) is 9.69 Å². The Balaban J connectivity index is 1.92. The van der Waals surface area contributed by atoms with E-state index in [1.165, 1.54) is 17.0 Å². The second-order valence-electron chi connectivity index (χ2n) is 6.89. The molecule has 2 heterocycles. The number of carbonyl (C=O) groups excluding carboxylic acids is 2. The second-order valence-corrected chi connectivity index (χ2v) is 6.89. The molecule has 25 heavy (non-hydrogen) atoms. The number of carboxylic acid groups (broad SMARTS) is 1. The topological polar surface area (TPSA) is 77.9 Å². The minimum atomic E-state index is -1.07. The third-order valence-corrected chi connectivity index (χ3v) is 5.36. The van der Waals surface area contributed by atoms with Gasteiger partial charge >= 0.3 is 5.97 Å². The van der Waals surface area contributed by atoms with E-state index in [1.54, 1.807) is 13.0 Å². The number of carbonyl (C=O) groups is 3. The lowest BCUT2D eigenvalue weighted by molar-refractivity contribution is -0.123. The van der Waals surface area contributed by atoms with E-state index in [9.17, 15) is 19.5 Å². The molecule has 0 saturated carbocycles. The van der Waals surface area contributed by atoms with Crippen LogP contribution in [0.15, 0.2) is 18.2 Å². The summed E-state index contributed by atoms with van der Waals surface area (Å²) in [5.74, 6) is -1.55. The number of hydrogen-bond acceptors (Lipinski definition) is 4. The van der Waals surface area contributed by atoms with E-state index in [2.05, 4.69) is 11.8 Å². The fraction of sp³-hybridized carbons (Fsp3) is 0.526. The highest BCUT2D eigenvalue weighted by Crippen LogP contribution is 2.32. The molecular formula is C19H24N2O4.